The molecule has 0 atom stereocenters. The van der Waals surface area contributed by atoms with E-state index in [2.05, 4.69) is 9.72 Å². The number of aromatic hydroxyl groups is 1. The van der Waals surface area contributed by atoms with E-state index in [9.17, 15) is 36.6 Å². The number of ether oxygens (including phenoxy) is 1. The number of alkyl halides is 5. The molecule has 1 aromatic heterocycles. The third-order valence-corrected chi connectivity index (χ3v) is 3.47. The van der Waals surface area contributed by atoms with Crippen molar-refractivity contribution < 1.29 is 41.4 Å². The molecule has 7 nitrogen and oxygen atoms in total. The molecule has 0 saturated heterocycles. The average Bonchev–Trinajstić information content (AvgIpc) is 2.94. The molecule has 0 aliphatic carbocycles. The van der Waals surface area contributed by atoms with Crippen molar-refractivity contribution in [1.29, 1.82) is 0 Å². The summed E-state index contributed by atoms with van der Waals surface area (Å²) in [6.07, 6.45) is -5.45. The standard InChI is InChI=1S/C15H12F5N3O4/c1-23-6-9(14(16,17)15(18,19)20)21-13(23)22-11(25)7-4-3-5-8(10(7)24)12(26)27-2/h3-6,24H,1-2H3,(H,21,22,25). The van der Waals surface area contributed by atoms with E-state index in [1.165, 1.54) is 12.1 Å². The Bertz CT molecular complexity index is 892. The first-order valence-corrected chi connectivity index (χ1v) is 7.10. The Morgan fingerprint density at radius 2 is 1.78 bits per heavy atom. The van der Waals surface area contributed by atoms with Gasteiger partial charge >= 0.3 is 18.1 Å². The second-order valence-corrected chi connectivity index (χ2v) is 5.28. The minimum atomic E-state index is -5.87. The summed E-state index contributed by atoms with van der Waals surface area (Å²) in [4.78, 5) is 26.8. The van der Waals surface area contributed by atoms with Gasteiger partial charge < -0.3 is 14.4 Å². The van der Waals surface area contributed by atoms with Gasteiger partial charge in [-0.1, -0.05) is 6.07 Å². The van der Waals surface area contributed by atoms with E-state index in [0.717, 1.165) is 24.8 Å². The van der Waals surface area contributed by atoms with E-state index in [1.54, 1.807) is 0 Å². The molecular weight excluding hydrogens is 381 g/mol. The Morgan fingerprint density at radius 3 is 2.33 bits per heavy atom. The van der Waals surface area contributed by atoms with Gasteiger partial charge in [0.05, 0.1) is 12.7 Å². The number of amides is 1. The monoisotopic (exact) mass is 393 g/mol. The van der Waals surface area contributed by atoms with Gasteiger partial charge in [0.25, 0.3) is 5.91 Å². The number of phenolic OH excluding ortho intramolecular Hbond substituents is 1. The topological polar surface area (TPSA) is 93.5 Å². The van der Waals surface area contributed by atoms with E-state index in [4.69, 9.17) is 0 Å². The van der Waals surface area contributed by atoms with Crippen LogP contribution in [0.15, 0.2) is 24.4 Å². The molecule has 0 unspecified atom stereocenters. The molecule has 12 heteroatoms. The van der Waals surface area contributed by atoms with Gasteiger partial charge in [0.2, 0.25) is 5.95 Å². The molecule has 0 radical (unpaired) electrons. The number of para-hydroxylation sites is 1. The number of aryl methyl sites for hydroxylation is 1. The molecule has 1 heterocycles. The molecule has 0 spiro atoms. The van der Waals surface area contributed by atoms with Gasteiger partial charge in [-0.15, -0.1) is 0 Å². The Labute approximate surface area is 148 Å². The predicted molar refractivity (Wildman–Crippen MR) is 80.6 cm³/mol. The van der Waals surface area contributed by atoms with Crippen LogP contribution in [0, 0.1) is 0 Å². The number of rotatable bonds is 4. The van der Waals surface area contributed by atoms with Crippen molar-refractivity contribution in [2.45, 2.75) is 12.1 Å². The van der Waals surface area contributed by atoms with Crippen LogP contribution >= 0.6 is 0 Å². The highest BCUT2D eigenvalue weighted by atomic mass is 19.4. The minimum Gasteiger partial charge on any atom is -0.506 e. The molecule has 0 bridgehead atoms. The lowest BCUT2D eigenvalue weighted by Gasteiger charge is -2.16. The molecule has 0 fully saturated rings. The molecule has 0 saturated carbocycles. The van der Waals surface area contributed by atoms with Crippen LogP contribution < -0.4 is 5.32 Å². The number of imidazole rings is 1. The van der Waals surface area contributed by atoms with E-state index < -0.39 is 46.9 Å². The lowest BCUT2D eigenvalue weighted by atomic mass is 10.1. The van der Waals surface area contributed by atoms with Crippen molar-refractivity contribution in [1.82, 2.24) is 9.55 Å². The fourth-order valence-corrected chi connectivity index (χ4v) is 2.05. The summed E-state index contributed by atoms with van der Waals surface area (Å²) in [6.45, 7) is 0. The first-order valence-electron chi connectivity index (χ1n) is 7.10. The molecule has 0 aliphatic rings. The maximum Gasteiger partial charge on any atom is 0.459 e. The zero-order valence-corrected chi connectivity index (χ0v) is 13.8. The number of methoxy groups -OCH3 is 1. The van der Waals surface area contributed by atoms with E-state index in [0.29, 0.717) is 6.20 Å². The predicted octanol–water partition coefficient (Wildman–Crippen LogP) is 2.82. The van der Waals surface area contributed by atoms with Gasteiger partial charge in [0, 0.05) is 13.2 Å². The molecule has 0 aliphatic heterocycles. The largest absolute Gasteiger partial charge is 0.506 e. The van der Waals surface area contributed by atoms with Gasteiger partial charge in [0.1, 0.15) is 17.0 Å². The van der Waals surface area contributed by atoms with Crippen molar-refractivity contribution in [2.24, 2.45) is 7.05 Å². The maximum absolute atomic E-state index is 13.4. The number of hydrogen-bond donors (Lipinski definition) is 2. The highest BCUT2D eigenvalue weighted by Crippen LogP contribution is 2.43. The van der Waals surface area contributed by atoms with Gasteiger partial charge in [-0.2, -0.15) is 22.0 Å². The van der Waals surface area contributed by atoms with Crippen molar-refractivity contribution >= 4 is 17.8 Å². The lowest BCUT2D eigenvalue weighted by Crippen LogP contribution is -2.34. The quantitative estimate of drug-likeness (QED) is 0.616. The second kappa shape index (κ2) is 6.85. The van der Waals surface area contributed by atoms with Crippen molar-refractivity contribution in [3.8, 4) is 5.75 Å². The van der Waals surface area contributed by atoms with E-state index >= 15 is 0 Å². The highest BCUT2D eigenvalue weighted by Gasteiger charge is 2.60. The number of benzene rings is 1. The number of carbonyl (C=O) groups is 2. The summed E-state index contributed by atoms with van der Waals surface area (Å²) in [6, 6.07) is 3.51. The van der Waals surface area contributed by atoms with Gasteiger partial charge in [-0.05, 0) is 12.1 Å². The molecule has 146 valence electrons. The molecule has 1 amide bonds. The Hall–Kier alpha value is -3.18. The van der Waals surface area contributed by atoms with Crippen molar-refractivity contribution in [3.63, 3.8) is 0 Å². The third-order valence-electron chi connectivity index (χ3n) is 3.47. The summed E-state index contributed by atoms with van der Waals surface area (Å²) in [7, 11) is 2.13. The smallest absolute Gasteiger partial charge is 0.459 e. The second-order valence-electron chi connectivity index (χ2n) is 5.28. The molecule has 2 N–H and O–H groups in total. The fraction of sp³-hybridized carbons (Fsp3) is 0.267. The minimum absolute atomic E-state index is 0.339. The first kappa shape index (κ1) is 20.1. The normalized spacial score (nSPS) is 12.0. The van der Waals surface area contributed by atoms with Crippen molar-refractivity contribution in [2.75, 3.05) is 12.4 Å². The number of phenols is 1. The number of anilines is 1. The van der Waals surface area contributed by atoms with Crippen molar-refractivity contribution in [3.05, 3.63) is 41.2 Å². The van der Waals surface area contributed by atoms with Crippen LogP contribution in [0.4, 0.5) is 27.9 Å². The summed E-state index contributed by atoms with van der Waals surface area (Å²) >= 11 is 0. The number of nitrogens with one attached hydrogen (secondary N) is 1. The maximum atomic E-state index is 13.4. The number of aromatic nitrogens is 2. The Kier molecular flexibility index (Phi) is 5.11. The van der Waals surface area contributed by atoms with E-state index in [-0.39, 0.29) is 5.56 Å². The average molecular weight is 393 g/mol. The Balaban J connectivity index is 2.34. The van der Waals surface area contributed by atoms with Crippen LogP contribution in [0.2, 0.25) is 0 Å². The number of nitrogens with zero attached hydrogens (tertiary/aromatic N) is 2. The number of carbonyl (C=O) groups excluding carboxylic acids is 2. The summed E-state index contributed by atoms with van der Waals surface area (Å²) < 4.78 is 69.2. The summed E-state index contributed by atoms with van der Waals surface area (Å²) in [5, 5.41) is 12.0. The molecular formula is C15H12F5N3O4. The van der Waals surface area contributed by atoms with E-state index in [1.807, 2.05) is 5.32 Å². The highest BCUT2D eigenvalue weighted by molar-refractivity contribution is 6.08. The summed E-state index contributed by atoms with van der Waals surface area (Å²) in [5.74, 6) is -8.63. The van der Waals surface area contributed by atoms with Gasteiger partial charge in [-0.3, -0.25) is 10.1 Å². The Morgan fingerprint density at radius 1 is 1.19 bits per heavy atom. The number of hydrogen-bond acceptors (Lipinski definition) is 5. The summed E-state index contributed by atoms with van der Waals surface area (Å²) in [5.41, 5.74) is -2.39. The van der Waals surface area contributed by atoms with Gasteiger partial charge in [0.15, 0.2) is 0 Å². The lowest BCUT2D eigenvalue weighted by molar-refractivity contribution is -0.290. The van der Waals surface area contributed by atoms with Crippen LogP contribution in [-0.4, -0.2) is 39.8 Å². The number of halogens is 5. The SMILES string of the molecule is COC(=O)c1cccc(C(=O)Nc2nc(C(F)(F)C(F)(F)F)cn2C)c1O. The number of esters is 1. The third kappa shape index (κ3) is 3.68. The molecule has 2 rings (SSSR count). The van der Waals surface area contributed by atoms with Crippen LogP contribution in [0.25, 0.3) is 0 Å². The molecule has 2 aromatic rings. The first-order chi connectivity index (χ1) is 12.4. The van der Waals surface area contributed by atoms with Crippen LogP contribution in [0.3, 0.4) is 0 Å². The van der Waals surface area contributed by atoms with Crippen LogP contribution in [-0.2, 0) is 17.7 Å². The zero-order chi connectivity index (χ0) is 20.6. The molecule has 1 aromatic carbocycles. The van der Waals surface area contributed by atoms with Gasteiger partial charge in [-0.25, -0.2) is 9.78 Å². The molecule has 27 heavy (non-hydrogen) atoms. The fourth-order valence-electron chi connectivity index (χ4n) is 2.05. The van der Waals surface area contributed by atoms with Crippen LogP contribution in [0.5, 0.6) is 5.75 Å². The van der Waals surface area contributed by atoms with Crippen LogP contribution in [0.1, 0.15) is 26.4 Å². The zero-order valence-electron chi connectivity index (χ0n) is 13.8.